The van der Waals surface area contributed by atoms with E-state index in [-0.39, 0.29) is 12.4 Å². The Labute approximate surface area is 130 Å². The minimum atomic E-state index is 0. The molecule has 2 heterocycles. The topological polar surface area (TPSA) is 51.0 Å². The molecule has 0 bridgehead atoms. The summed E-state index contributed by atoms with van der Waals surface area (Å²) in [6.45, 7) is 2.08. The second-order valence-corrected chi connectivity index (χ2v) is 6.25. The number of nitrogens with one attached hydrogen (secondary N) is 1. The van der Waals surface area contributed by atoms with Gasteiger partial charge in [-0.25, -0.2) is 0 Å². The van der Waals surface area contributed by atoms with Gasteiger partial charge in [-0.1, -0.05) is 5.16 Å². The molecule has 19 heavy (non-hydrogen) atoms. The predicted molar refractivity (Wildman–Crippen MR) is 84.7 cm³/mol. The van der Waals surface area contributed by atoms with Crippen molar-refractivity contribution in [1.29, 1.82) is 0 Å². The largest absolute Gasteiger partial charge is 0.335 e. The van der Waals surface area contributed by atoms with E-state index in [0.29, 0.717) is 11.9 Å². The molecule has 104 valence electrons. The van der Waals surface area contributed by atoms with Crippen molar-refractivity contribution in [2.24, 2.45) is 0 Å². The molecule has 0 saturated carbocycles. The van der Waals surface area contributed by atoms with Crippen LogP contribution in [0.2, 0.25) is 0 Å². The summed E-state index contributed by atoms with van der Waals surface area (Å²) in [5.41, 5.74) is 1.12. The fourth-order valence-electron chi connectivity index (χ4n) is 1.37. The molecule has 2 aromatic rings. The van der Waals surface area contributed by atoms with Crippen LogP contribution in [-0.2, 0) is 6.42 Å². The SMILES string of the molecule is CNC(C)Cc1noc(/C=C/c2csc(Br)c2)n1.Cl. The maximum Gasteiger partial charge on any atom is 0.250 e. The molecule has 0 saturated heterocycles. The zero-order valence-electron chi connectivity index (χ0n) is 10.6. The summed E-state index contributed by atoms with van der Waals surface area (Å²) >= 11 is 5.07. The summed E-state index contributed by atoms with van der Waals surface area (Å²) in [5, 5.41) is 9.13. The van der Waals surface area contributed by atoms with Crippen LogP contribution in [0.3, 0.4) is 0 Å². The van der Waals surface area contributed by atoms with E-state index in [1.54, 1.807) is 11.3 Å². The fraction of sp³-hybridized carbons (Fsp3) is 0.333. The average Bonchev–Trinajstić information content (AvgIpc) is 2.96. The Hall–Kier alpha value is -0.690. The van der Waals surface area contributed by atoms with Crippen LogP contribution in [0.15, 0.2) is 19.8 Å². The van der Waals surface area contributed by atoms with Gasteiger partial charge < -0.3 is 9.84 Å². The number of hydrogen-bond donors (Lipinski definition) is 1. The smallest absolute Gasteiger partial charge is 0.250 e. The van der Waals surface area contributed by atoms with Crippen LogP contribution < -0.4 is 5.32 Å². The van der Waals surface area contributed by atoms with Gasteiger partial charge in [0.1, 0.15) is 0 Å². The van der Waals surface area contributed by atoms with E-state index in [9.17, 15) is 0 Å². The second-order valence-electron chi connectivity index (χ2n) is 3.96. The highest BCUT2D eigenvalue weighted by Crippen LogP contribution is 2.22. The highest BCUT2D eigenvalue weighted by molar-refractivity contribution is 9.11. The minimum Gasteiger partial charge on any atom is -0.335 e. The summed E-state index contributed by atoms with van der Waals surface area (Å²) in [5.74, 6) is 1.26. The van der Waals surface area contributed by atoms with Crippen molar-refractivity contribution >= 4 is 51.8 Å². The molecule has 0 amide bonds. The van der Waals surface area contributed by atoms with E-state index in [0.717, 1.165) is 21.6 Å². The summed E-state index contributed by atoms with van der Waals surface area (Å²) in [7, 11) is 1.92. The molecule has 7 heteroatoms. The Morgan fingerprint density at radius 1 is 1.53 bits per heavy atom. The highest BCUT2D eigenvalue weighted by atomic mass is 79.9. The predicted octanol–water partition coefficient (Wildman–Crippen LogP) is 3.64. The van der Waals surface area contributed by atoms with Gasteiger partial charge in [-0.05, 0) is 53.0 Å². The lowest BCUT2D eigenvalue weighted by Gasteiger charge is -2.04. The van der Waals surface area contributed by atoms with E-state index in [2.05, 4.69) is 43.7 Å². The number of likely N-dealkylation sites (N-methyl/N-ethyl adjacent to an activating group) is 1. The van der Waals surface area contributed by atoms with Crippen LogP contribution in [0.1, 0.15) is 24.2 Å². The van der Waals surface area contributed by atoms with Crippen LogP contribution in [0.25, 0.3) is 12.2 Å². The Morgan fingerprint density at radius 2 is 2.32 bits per heavy atom. The van der Waals surface area contributed by atoms with Gasteiger partial charge in [-0.2, -0.15) is 4.98 Å². The van der Waals surface area contributed by atoms with Crippen molar-refractivity contribution < 1.29 is 4.52 Å². The normalized spacial score (nSPS) is 12.6. The molecule has 1 unspecified atom stereocenters. The standard InChI is InChI=1S/C12H14BrN3OS.ClH/c1-8(14-2)5-11-15-12(17-16-11)4-3-9-6-10(13)18-7-9;/h3-4,6-8,14H,5H2,1-2H3;1H/b4-3+;. The number of halogens is 2. The van der Waals surface area contributed by atoms with Crippen LogP contribution in [0.5, 0.6) is 0 Å². The lowest BCUT2D eigenvalue weighted by Crippen LogP contribution is -2.24. The van der Waals surface area contributed by atoms with Crippen LogP contribution in [0.4, 0.5) is 0 Å². The van der Waals surface area contributed by atoms with Crippen molar-refractivity contribution in [3.8, 4) is 0 Å². The van der Waals surface area contributed by atoms with Crippen LogP contribution >= 0.6 is 39.7 Å². The molecule has 2 aromatic heterocycles. The Morgan fingerprint density at radius 3 is 2.95 bits per heavy atom. The molecule has 0 aromatic carbocycles. The molecule has 0 spiro atoms. The first kappa shape index (κ1) is 16.4. The summed E-state index contributed by atoms with van der Waals surface area (Å²) in [6.07, 6.45) is 4.55. The molecule has 0 fully saturated rings. The van der Waals surface area contributed by atoms with Crippen LogP contribution in [0, 0.1) is 0 Å². The highest BCUT2D eigenvalue weighted by Gasteiger charge is 2.07. The van der Waals surface area contributed by atoms with Gasteiger partial charge in [0.2, 0.25) is 0 Å². The Bertz CT molecular complexity index is 541. The van der Waals surface area contributed by atoms with Gasteiger partial charge in [-0.3, -0.25) is 0 Å². The number of thiophene rings is 1. The van der Waals surface area contributed by atoms with E-state index < -0.39 is 0 Å². The Kier molecular flexibility index (Phi) is 6.71. The third-order valence-corrected chi connectivity index (χ3v) is 3.99. The van der Waals surface area contributed by atoms with Crippen molar-refractivity contribution in [1.82, 2.24) is 15.5 Å². The average molecular weight is 365 g/mol. The third-order valence-electron chi connectivity index (χ3n) is 2.47. The number of hydrogen-bond acceptors (Lipinski definition) is 5. The molecule has 1 atom stereocenters. The van der Waals surface area contributed by atoms with E-state index in [1.807, 2.05) is 25.3 Å². The van der Waals surface area contributed by atoms with Crippen molar-refractivity contribution in [3.05, 3.63) is 32.5 Å². The minimum absolute atomic E-state index is 0. The van der Waals surface area contributed by atoms with E-state index >= 15 is 0 Å². The summed E-state index contributed by atoms with van der Waals surface area (Å²) in [6, 6.07) is 2.38. The molecule has 0 radical (unpaired) electrons. The van der Waals surface area contributed by atoms with Gasteiger partial charge in [0, 0.05) is 18.5 Å². The quantitative estimate of drug-likeness (QED) is 0.880. The molecule has 0 aliphatic rings. The molecular formula is C12H15BrClN3OS. The van der Waals surface area contributed by atoms with Gasteiger partial charge in [0.05, 0.1) is 3.79 Å². The maximum atomic E-state index is 5.15. The zero-order valence-corrected chi connectivity index (χ0v) is 13.8. The van der Waals surface area contributed by atoms with Crippen molar-refractivity contribution in [2.45, 2.75) is 19.4 Å². The number of aromatic nitrogens is 2. The third kappa shape index (κ3) is 5.06. The lowest BCUT2D eigenvalue weighted by atomic mass is 10.2. The van der Waals surface area contributed by atoms with E-state index in [1.165, 1.54) is 0 Å². The molecule has 2 rings (SSSR count). The lowest BCUT2D eigenvalue weighted by molar-refractivity contribution is 0.400. The zero-order chi connectivity index (χ0) is 13.0. The van der Waals surface area contributed by atoms with Gasteiger partial charge >= 0.3 is 0 Å². The van der Waals surface area contributed by atoms with Gasteiger partial charge in [0.15, 0.2) is 5.82 Å². The first-order valence-corrected chi connectivity index (χ1v) is 7.26. The Balaban J connectivity index is 0.00000180. The molecule has 0 aliphatic heterocycles. The number of nitrogens with zero attached hydrogens (tertiary/aromatic N) is 2. The van der Waals surface area contributed by atoms with E-state index in [4.69, 9.17) is 4.52 Å². The summed E-state index contributed by atoms with van der Waals surface area (Å²) in [4.78, 5) is 4.31. The molecule has 4 nitrogen and oxygen atoms in total. The van der Waals surface area contributed by atoms with Crippen molar-refractivity contribution in [3.63, 3.8) is 0 Å². The second kappa shape index (κ2) is 7.79. The first-order chi connectivity index (χ1) is 8.67. The molecule has 1 N–H and O–H groups in total. The van der Waals surface area contributed by atoms with Gasteiger partial charge in [0.25, 0.3) is 5.89 Å². The van der Waals surface area contributed by atoms with Gasteiger partial charge in [-0.15, -0.1) is 23.7 Å². The monoisotopic (exact) mass is 363 g/mol. The summed E-state index contributed by atoms with van der Waals surface area (Å²) < 4.78 is 6.26. The number of rotatable bonds is 5. The fourth-order valence-corrected chi connectivity index (χ4v) is 2.52. The molecular weight excluding hydrogens is 350 g/mol. The van der Waals surface area contributed by atoms with Crippen molar-refractivity contribution in [2.75, 3.05) is 7.05 Å². The first-order valence-electron chi connectivity index (χ1n) is 5.59. The maximum absolute atomic E-state index is 5.15. The van der Waals surface area contributed by atoms with Crippen LogP contribution in [-0.4, -0.2) is 23.2 Å². The molecule has 0 aliphatic carbocycles.